The maximum Gasteiger partial charge on any atom is 0.260 e. The molecule has 8 nitrogen and oxygen atoms in total. The third kappa shape index (κ3) is 6.15. The van der Waals surface area contributed by atoms with Crippen molar-refractivity contribution < 1.29 is 14.3 Å². The van der Waals surface area contributed by atoms with Gasteiger partial charge in [-0.1, -0.05) is 0 Å². The Hall–Kier alpha value is -2.77. The fourth-order valence-corrected chi connectivity index (χ4v) is 1.96. The van der Waals surface area contributed by atoms with E-state index in [1.54, 1.807) is 23.1 Å². The molecule has 1 rings (SSSR count). The van der Waals surface area contributed by atoms with E-state index in [4.69, 9.17) is 20.9 Å². The number of hydrogen-bond donors (Lipinski definition) is 2. The largest absolute Gasteiger partial charge is 0.490 e. The van der Waals surface area contributed by atoms with Crippen LogP contribution in [-0.4, -0.2) is 49.3 Å². The van der Waals surface area contributed by atoms with E-state index in [1.165, 1.54) is 6.21 Å². The van der Waals surface area contributed by atoms with Crippen molar-refractivity contribution in [3.63, 3.8) is 0 Å². The van der Waals surface area contributed by atoms with E-state index < -0.39 is 0 Å². The summed E-state index contributed by atoms with van der Waals surface area (Å²) in [7, 11) is 0. The molecule has 24 heavy (non-hydrogen) atoms. The fourth-order valence-electron chi connectivity index (χ4n) is 1.96. The van der Waals surface area contributed by atoms with E-state index in [2.05, 4.69) is 10.2 Å². The number of nitrogens with zero attached hydrogens (tertiary/aromatic N) is 3. The van der Waals surface area contributed by atoms with Crippen LogP contribution >= 0.6 is 0 Å². The zero-order chi connectivity index (χ0) is 17.9. The van der Waals surface area contributed by atoms with Crippen LogP contribution in [0.15, 0.2) is 28.4 Å². The second kappa shape index (κ2) is 10.1. The standard InChI is InChI=1S/C16H25N5O3/c1-4-21(5-2)15(22)11-24-13-8-7-12(9-14(13)23-6-3)10-19-20-16(17)18/h7-10H,4-6,11H2,1-3H3,(H4,17,18,20)/b19-10-. The predicted molar refractivity (Wildman–Crippen MR) is 94.4 cm³/mol. The van der Waals surface area contributed by atoms with Crippen molar-refractivity contribution >= 4 is 18.1 Å². The van der Waals surface area contributed by atoms with Crippen molar-refractivity contribution in [1.82, 2.24) is 4.90 Å². The normalized spacial score (nSPS) is 10.5. The van der Waals surface area contributed by atoms with E-state index in [0.717, 1.165) is 5.56 Å². The summed E-state index contributed by atoms with van der Waals surface area (Å²) < 4.78 is 11.2. The molecule has 132 valence electrons. The molecule has 0 heterocycles. The number of hydrogen-bond acceptors (Lipinski definition) is 5. The first kappa shape index (κ1) is 19.3. The van der Waals surface area contributed by atoms with E-state index >= 15 is 0 Å². The molecule has 0 atom stereocenters. The zero-order valence-electron chi connectivity index (χ0n) is 14.4. The minimum Gasteiger partial charge on any atom is -0.490 e. The minimum atomic E-state index is -0.119. The highest BCUT2D eigenvalue weighted by molar-refractivity contribution is 5.82. The smallest absolute Gasteiger partial charge is 0.260 e. The molecular formula is C16H25N5O3. The molecule has 0 radical (unpaired) electrons. The number of nitrogens with two attached hydrogens (primary N) is 2. The monoisotopic (exact) mass is 335 g/mol. The molecule has 0 bridgehead atoms. The van der Waals surface area contributed by atoms with Crippen molar-refractivity contribution in [2.45, 2.75) is 20.8 Å². The summed E-state index contributed by atoms with van der Waals surface area (Å²) in [5, 5.41) is 7.28. The maximum absolute atomic E-state index is 12.0. The lowest BCUT2D eigenvalue weighted by Crippen LogP contribution is -2.34. The van der Waals surface area contributed by atoms with E-state index in [9.17, 15) is 4.79 Å². The van der Waals surface area contributed by atoms with Gasteiger partial charge in [-0.15, -0.1) is 5.10 Å². The number of carbonyl (C=O) groups excluding carboxylic acids is 1. The van der Waals surface area contributed by atoms with Crippen LogP contribution in [0.2, 0.25) is 0 Å². The van der Waals surface area contributed by atoms with Crippen molar-refractivity contribution in [2.75, 3.05) is 26.3 Å². The molecule has 0 unspecified atom stereocenters. The highest BCUT2D eigenvalue weighted by atomic mass is 16.5. The average molecular weight is 335 g/mol. The van der Waals surface area contributed by atoms with Gasteiger partial charge in [-0.05, 0) is 44.5 Å². The van der Waals surface area contributed by atoms with Gasteiger partial charge in [0.15, 0.2) is 18.1 Å². The second-order valence-electron chi connectivity index (χ2n) is 4.76. The van der Waals surface area contributed by atoms with Crippen LogP contribution in [0.25, 0.3) is 0 Å². The molecule has 0 aliphatic carbocycles. The summed E-state index contributed by atoms with van der Waals surface area (Å²) in [5.74, 6) is 0.835. The van der Waals surface area contributed by atoms with Gasteiger partial charge < -0.3 is 25.8 Å². The first-order chi connectivity index (χ1) is 11.5. The summed E-state index contributed by atoms with van der Waals surface area (Å²) in [5.41, 5.74) is 11.2. The quantitative estimate of drug-likeness (QED) is 0.396. The summed E-state index contributed by atoms with van der Waals surface area (Å²) in [6.07, 6.45) is 1.49. The Balaban J connectivity index is 2.85. The van der Waals surface area contributed by atoms with Gasteiger partial charge in [0.05, 0.1) is 12.8 Å². The molecular weight excluding hydrogens is 310 g/mol. The van der Waals surface area contributed by atoms with Gasteiger partial charge in [-0.2, -0.15) is 5.10 Å². The SMILES string of the molecule is CCOc1cc(/C=N\N=C(N)N)ccc1OCC(=O)N(CC)CC. The van der Waals surface area contributed by atoms with Gasteiger partial charge in [-0.3, -0.25) is 4.79 Å². The van der Waals surface area contributed by atoms with Crippen LogP contribution in [0.5, 0.6) is 11.5 Å². The molecule has 0 saturated heterocycles. The van der Waals surface area contributed by atoms with Gasteiger partial charge >= 0.3 is 0 Å². The molecule has 0 saturated carbocycles. The van der Waals surface area contributed by atoms with Gasteiger partial charge in [0.2, 0.25) is 5.96 Å². The summed E-state index contributed by atoms with van der Waals surface area (Å²) >= 11 is 0. The third-order valence-electron chi connectivity index (χ3n) is 3.11. The molecule has 0 aromatic heterocycles. The van der Waals surface area contributed by atoms with E-state index in [-0.39, 0.29) is 18.5 Å². The van der Waals surface area contributed by atoms with Crippen LogP contribution in [0.1, 0.15) is 26.3 Å². The zero-order valence-corrected chi connectivity index (χ0v) is 14.4. The number of guanidine groups is 1. The van der Waals surface area contributed by atoms with Gasteiger partial charge in [0, 0.05) is 13.1 Å². The van der Waals surface area contributed by atoms with Crippen molar-refractivity contribution in [3.8, 4) is 11.5 Å². The maximum atomic E-state index is 12.0. The van der Waals surface area contributed by atoms with Crippen LogP contribution in [0, 0.1) is 0 Å². The average Bonchev–Trinajstić information content (AvgIpc) is 2.55. The number of benzene rings is 1. The highest BCUT2D eigenvalue weighted by Gasteiger charge is 2.12. The number of amides is 1. The predicted octanol–water partition coefficient (Wildman–Crippen LogP) is 0.940. The van der Waals surface area contributed by atoms with E-state index in [0.29, 0.717) is 31.2 Å². The lowest BCUT2D eigenvalue weighted by atomic mass is 10.2. The van der Waals surface area contributed by atoms with Crippen LogP contribution in [0.3, 0.4) is 0 Å². The first-order valence-electron chi connectivity index (χ1n) is 7.81. The Morgan fingerprint density at radius 3 is 2.46 bits per heavy atom. The Morgan fingerprint density at radius 2 is 1.88 bits per heavy atom. The van der Waals surface area contributed by atoms with Gasteiger partial charge in [0.1, 0.15) is 0 Å². The Bertz CT molecular complexity index is 593. The van der Waals surface area contributed by atoms with E-state index in [1.807, 2.05) is 20.8 Å². The van der Waals surface area contributed by atoms with Crippen molar-refractivity contribution in [3.05, 3.63) is 23.8 Å². The second-order valence-corrected chi connectivity index (χ2v) is 4.76. The Kier molecular flexibility index (Phi) is 8.10. The van der Waals surface area contributed by atoms with Crippen LogP contribution < -0.4 is 20.9 Å². The van der Waals surface area contributed by atoms with Crippen LogP contribution in [0.4, 0.5) is 0 Å². The molecule has 0 fully saturated rings. The molecule has 1 aromatic carbocycles. The fraction of sp³-hybridized carbons (Fsp3) is 0.438. The number of rotatable bonds is 9. The van der Waals surface area contributed by atoms with Crippen LogP contribution in [-0.2, 0) is 4.79 Å². The van der Waals surface area contributed by atoms with Gasteiger partial charge in [-0.25, -0.2) is 0 Å². The molecule has 0 spiro atoms. The lowest BCUT2D eigenvalue weighted by molar-refractivity contribution is -0.132. The molecule has 8 heteroatoms. The number of ether oxygens (including phenoxy) is 2. The number of carbonyl (C=O) groups is 1. The highest BCUT2D eigenvalue weighted by Crippen LogP contribution is 2.28. The third-order valence-corrected chi connectivity index (χ3v) is 3.11. The first-order valence-corrected chi connectivity index (χ1v) is 7.81. The minimum absolute atomic E-state index is 0.0385. The molecule has 0 aliphatic heterocycles. The van der Waals surface area contributed by atoms with Gasteiger partial charge in [0.25, 0.3) is 5.91 Å². The molecule has 1 aromatic rings. The van der Waals surface area contributed by atoms with Crippen molar-refractivity contribution in [1.29, 1.82) is 0 Å². The van der Waals surface area contributed by atoms with Crippen molar-refractivity contribution in [2.24, 2.45) is 21.7 Å². The lowest BCUT2D eigenvalue weighted by Gasteiger charge is -2.19. The molecule has 1 amide bonds. The molecule has 4 N–H and O–H groups in total. The topological polar surface area (TPSA) is 116 Å². The molecule has 0 aliphatic rings. The Labute approximate surface area is 142 Å². The summed E-state index contributed by atoms with van der Waals surface area (Å²) in [6, 6.07) is 5.23. The number of likely N-dealkylation sites (N-methyl/N-ethyl adjacent to an activating group) is 1. The summed E-state index contributed by atoms with van der Waals surface area (Å²) in [4.78, 5) is 13.7. The Morgan fingerprint density at radius 1 is 1.17 bits per heavy atom. The summed E-state index contributed by atoms with van der Waals surface area (Å²) in [6.45, 7) is 7.45.